The highest BCUT2D eigenvalue weighted by atomic mass is 16.7. The maximum Gasteiger partial charge on any atom is 0.270 e. The van der Waals surface area contributed by atoms with Crippen molar-refractivity contribution in [2.75, 3.05) is 12.1 Å². The number of hydrogen-bond acceptors (Lipinski definition) is 7. The van der Waals surface area contributed by atoms with Crippen molar-refractivity contribution in [2.45, 2.75) is 20.0 Å². The first-order valence-corrected chi connectivity index (χ1v) is 8.46. The van der Waals surface area contributed by atoms with E-state index >= 15 is 0 Å². The fourth-order valence-electron chi connectivity index (χ4n) is 2.69. The second kappa shape index (κ2) is 7.36. The SMILES string of the molecule is Cc1nc(NCc2ccco2)cc(C(=O)NCc2ccc3c(c2)OCO3)n1. The minimum atomic E-state index is -0.279. The van der Waals surface area contributed by atoms with Gasteiger partial charge in [-0.25, -0.2) is 9.97 Å². The number of ether oxygens (including phenoxy) is 2. The van der Waals surface area contributed by atoms with E-state index in [1.165, 1.54) is 0 Å². The molecule has 0 radical (unpaired) electrons. The minimum Gasteiger partial charge on any atom is -0.467 e. The van der Waals surface area contributed by atoms with E-state index in [0.717, 1.165) is 11.3 Å². The maximum atomic E-state index is 12.5. The molecule has 0 saturated carbocycles. The Morgan fingerprint density at radius 1 is 1.11 bits per heavy atom. The molecule has 3 aromatic rings. The summed E-state index contributed by atoms with van der Waals surface area (Å²) in [7, 11) is 0. The van der Waals surface area contributed by atoms with Crippen molar-refractivity contribution in [3.63, 3.8) is 0 Å². The van der Waals surface area contributed by atoms with Gasteiger partial charge in [-0.05, 0) is 36.8 Å². The molecule has 3 heterocycles. The molecule has 0 atom stereocenters. The third kappa shape index (κ3) is 4.00. The summed E-state index contributed by atoms with van der Waals surface area (Å²) < 4.78 is 15.9. The lowest BCUT2D eigenvalue weighted by molar-refractivity contribution is 0.0945. The molecular weight excluding hydrogens is 348 g/mol. The number of anilines is 1. The number of amides is 1. The predicted octanol–water partition coefficient (Wildman–Crippen LogP) is 2.65. The highest BCUT2D eigenvalue weighted by Gasteiger charge is 2.14. The summed E-state index contributed by atoms with van der Waals surface area (Å²) in [6.45, 7) is 2.79. The number of rotatable bonds is 6. The first kappa shape index (κ1) is 16.9. The summed E-state index contributed by atoms with van der Waals surface area (Å²) in [5.41, 5.74) is 1.21. The Bertz CT molecular complexity index is 956. The summed E-state index contributed by atoms with van der Waals surface area (Å²) in [6, 6.07) is 10.9. The molecule has 1 amide bonds. The molecule has 2 N–H and O–H groups in total. The summed E-state index contributed by atoms with van der Waals surface area (Å²) in [5.74, 6) is 2.96. The summed E-state index contributed by atoms with van der Waals surface area (Å²) in [4.78, 5) is 21.0. The minimum absolute atomic E-state index is 0.221. The molecule has 0 bridgehead atoms. The summed E-state index contributed by atoms with van der Waals surface area (Å²) >= 11 is 0. The largest absolute Gasteiger partial charge is 0.467 e. The standard InChI is InChI=1S/C19H18N4O4/c1-12-22-15(8-18(23-12)20-10-14-3-2-6-25-14)19(24)21-9-13-4-5-16-17(7-13)27-11-26-16/h2-8H,9-11H2,1H3,(H,21,24)(H,20,22,23). The molecule has 8 heteroatoms. The smallest absolute Gasteiger partial charge is 0.270 e. The van der Waals surface area contributed by atoms with E-state index in [9.17, 15) is 4.79 Å². The van der Waals surface area contributed by atoms with Crippen LogP contribution in [-0.4, -0.2) is 22.7 Å². The fraction of sp³-hybridized carbons (Fsp3) is 0.211. The maximum absolute atomic E-state index is 12.5. The van der Waals surface area contributed by atoms with Crippen LogP contribution >= 0.6 is 0 Å². The molecule has 0 spiro atoms. The number of nitrogens with zero attached hydrogens (tertiary/aromatic N) is 2. The number of benzene rings is 1. The number of furan rings is 1. The second-order valence-corrected chi connectivity index (χ2v) is 5.99. The molecule has 0 saturated heterocycles. The van der Waals surface area contributed by atoms with Crippen LogP contribution in [0.3, 0.4) is 0 Å². The van der Waals surface area contributed by atoms with E-state index in [0.29, 0.717) is 41.9 Å². The Morgan fingerprint density at radius 2 is 2.00 bits per heavy atom. The lowest BCUT2D eigenvalue weighted by Crippen LogP contribution is -2.24. The Kier molecular flexibility index (Phi) is 4.61. The van der Waals surface area contributed by atoms with Crippen LogP contribution in [0, 0.1) is 6.92 Å². The third-order valence-electron chi connectivity index (χ3n) is 3.98. The zero-order valence-electron chi connectivity index (χ0n) is 14.7. The van der Waals surface area contributed by atoms with Gasteiger partial charge in [-0.15, -0.1) is 0 Å². The lowest BCUT2D eigenvalue weighted by Gasteiger charge is -2.09. The molecule has 27 heavy (non-hydrogen) atoms. The average Bonchev–Trinajstić information content (AvgIpc) is 3.35. The Labute approximate surface area is 155 Å². The van der Waals surface area contributed by atoms with Crippen molar-refractivity contribution < 1.29 is 18.7 Å². The number of aryl methyl sites for hydroxylation is 1. The van der Waals surface area contributed by atoms with E-state index in [1.54, 1.807) is 19.3 Å². The normalized spacial score (nSPS) is 12.0. The van der Waals surface area contributed by atoms with Gasteiger partial charge in [0.1, 0.15) is 23.1 Å². The molecule has 1 aromatic carbocycles. The van der Waals surface area contributed by atoms with E-state index in [4.69, 9.17) is 13.9 Å². The van der Waals surface area contributed by atoms with Gasteiger partial charge in [-0.3, -0.25) is 4.79 Å². The molecule has 4 rings (SSSR count). The van der Waals surface area contributed by atoms with Gasteiger partial charge in [0, 0.05) is 12.6 Å². The van der Waals surface area contributed by atoms with Crippen molar-refractivity contribution >= 4 is 11.7 Å². The molecule has 1 aliphatic rings. The Hall–Kier alpha value is -3.55. The monoisotopic (exact) mass is 366 g/mol. The first-order chi connectivity index (χ1) is 13.2. The van der Waals surface area contributed by atoms with Gasteiger partial charge in [-0.1, -0.05) is 6.07 Å². The second-order valence-electron chi connectivity index (χ2n) is 5.99. The fourth-order valence-corrected chi connectivity index (χ4v) is 2.69. The van der Waals surface area contributed by atoms with Gasteiger partial charge in [0.05, 0.1) is 12.8 Å². The average molecular weight is 366 g/mol. The van der Waals surface area contributed by atoms with E-state index in [2.05, 4.69) is 20.6 Å². The van der Waals surface area contributed by atoms with Crippen molar-refractivity contribution in [3.05, 3.63) is 65.5 Å². The van der Waals surface area contributed by atoms with Gasteiger partial charge < -0.3 is 24.5 Å². The number of fused-ring (bicyclic) bond motifs is 1. The first-order valence-electron chi connectivity index (χ1n) is 8.46. The van der Waals surface area contributed by atoms with Crippen LogP contribution in [0.5, 0.6) is 11.5 Å². The highest BCUT2D eigenvalue weighted by molar-refractivity contribution is 5.92. The molecule has 1 aliphatic heterocycles. The van der Waals surface area contributed by atoms with Gasteiger partial charge in [0.15, 0.2) is 11.5 Å². The zero-order valence-corrected chi connectivity index (χ0v) is 14.7. The molecule has 138 valence electrons. The van der Waals surface area contributed by atoms with E-state index in [-0.39, 0.29) is 12.7 Å². The highest BCUT2D eigenvalue weighted by Crippen LogP contribution is 2.32. The van der Waals surface area contributed by atoms with Gasteiger partial charge >= 0.3 is 0 Å². The van der Waals surface area contributed by atoms with Crippen LogP contribution in [0.4, 0.5) is 5.82 Å². The molecule has 0 unspecified atom stereocenters. The zero-order chi connectivity index (χ0) is 18.6. The Morgan fingerprint density at radius 3 is 2.85 bits per heavy atom. The molecule has 8 nitrogen and oxygen atoms in total. The van der Waals surface area contributed by atoms with Crippen LogP contribution in [0.1, 0.15) is 27.6 Å². The van der Waals surface area contributed by atoms with Gasteiger partial charge in [-0.2, -0.15) is 0 Å². The van der Waals surface area contributed by atoms with Crippen molar-refractivity contribution in [1.29, 1.82) is 0 Å². The Balaban J connectivity index is 1.40. The van der Waals surface area contributed by atoms with Crippen LogP contribution < -0.4 is 20.1 Å². The molecular formula is C19H18N4O4. The summed E-state index contributed by atoms with van der Waals surface area (Å²) in [6.07, 6.45) is 1.61. The van der Waals surface area contributed by atoms with Crippen molar-refractivity contribution in [3.8, 4) is 11.5 Å². The number of aromatic nitrogens is 2. The molecule has 0 fully saturated rings. The number of carbonyl (C=O) groups is 1. The van der Waals surface area contributed by atoms with Crippen molar-refractivity contribution in [2.24, 2.45) is 0 Å². The van der Waals surface area contributed by atoms with E-state index < -0.39 is 0 Å². The molecule has 2 aromatic heterocycles. The van der Waals surface area contributed by atoms with Gasteiger partial charge in [0.25, 0.3) is 5.91 Å². The topological polar surface area (TPSA) is 98.5 Å². The van der Waals surface area contributed by atoms with Crippen molar-refractivity contribution in [1.82, 2.24) is 15.3 Å². The predicted molar refractivity (Wildman–Crippen MR) is 96.5 cm³/mol. The van der Waals surface area contributed by atoms with Crippen LogP contribution in [0.25, 0.3) is 0 Å². The van der Waals surface area contributed by atoms with Crippen LogP contribution in [-0.2, 0) is 13.1 Å². The van der Waals surface area contributed by atoms with Gasteiger partial charge in [0.2, 0.25) is 6.79 Å². The third-order valence-corrected chi connectivity index (χ3v) is 3.98. The summed E-state index contributed by atoms with van der Waals surface area (Å²) in [5, 5.41) is 5.99. The quantitative estimate of drug-likeness (QED) is 0.692. The van der Waals surface area contributed by atoms with E-state index in [1.807, 2.05) is 30.3 Å². The lowest BCUT2D eigenvalue weighted by atomic mass is 10.2. The number of nitrogens with one attached hydrogen (secondary N) is 2. The van der Waals surface area contributed by atoms with Crippen LogP contribution in [0.15, 0.2) is 47.1 Å². The number of hydrogen-bond donors (Lipinski definition) is 2. The van der Waals surface area contributed by atoms with Crippen LogP contribution in [0.2, 0.25) is 0 Å². The molecule has 0 aliphatic carbocycles. The number of carbonyl (C=O) groups excluding carboxylic acids is 1.